The van der Waals surface area contributed by atoms with Crippen LogP contribution >= 0.6 is 0 Å². The number of fused-ring (bicyclic) bond motifs is 1. The van der Waals surface area contributed by atoms with Crippen LogP contribution in [-0.4, -0.2) is 40.0 Å². The summed E-state index contributed by atoms with van der Waals surface area (Å²) in [7, 11) is 0. The molecule has 0 saturated heterocycles. The molecule has 0 saturated carbocycles. The van der Waals surface area contributed by atoms with E-state index in [4.69, 9.17) is 0 Å². The van der Waals surface area contributed by atoms with Crippen molar-refractivity contribution >= 4 is 11.8 Å². The lowest BCUT2D eigenvalue weighted by Crippen LogP contribution is -2.37. The zero-order valence-corrected chi connectivity index (χ0v) is 13.0. The van der Waals surface area contributed by atoms with Gasteiger partial charge in [-0.15, -0.1) is 0 Å². The van der Waals surface area contributed by atoms with Gasteiger partial charge in [0.25, 0.3) is 11.8 Å². The van der Waals surface area contributed by atoms with Crippen LogP contribution in [0.3, 0.4) is 0 Å². The molecule has 0 aliphatic carbocycles. The van der Waals surface area contributed by atoms with Crippen molar-refractivity contribution in [2.24, 2.45) is 0 Å². The standard InChI is InChI=1S/C16H16F2N4O2/c1-2-19-15(23)14-11-8-22(6-5-13(11)20-21-14)16(24)10-7-9(17)3-4-12(10)18/h3-4,7H,2,5-6,8H2,1H3,(H,19,23)(H,20,21). The number of nitrogens with zero attached hydrogens (tertiary/aromatic N) is 2. The van der Waals surface area contributed by atoms with Gasteiger partial charge in [0.05, 0.1) is 12.1 Å². The Labute approximate surface area is 136 Å². The van der Waals surface area contributed by atoms with Gasteiger partial charge in [0.15, 0.2) is 5.69 Å². The van der Waals surface area contributed by atoms with E-state index < -0.39 is 17.5 Å². The molecule has 1 aliphatic rings. The molecule has 126 valence electrons. The summed E-state index contributed by atoms with van der Waals surface area (Å²) >= 11 is 0. The molecule has 2 aromatic rings. The highest BCUT2D eigenvalue weighted by atomic mass is 19.1. The molecule has 2 heterocycles. The van der Waals surface area contributed by atoms with Crippen LogP contribution in [0.4, 0.5) is 8.78 Å². The van der Waals surface area contributed by atoms with Crippen molar-refractivity contribution in [2.45, 2.75) is 19.9 Å². The second-order valence-corrected chi connectivity index (χ2v) is 5.49. The molecule has 1 aliphatic heterocycles. The molecule has 0 spiro atoms. The summed E-state index contributed by atoms with van der Waals surface area (Å²) in [4.78, 5) is 25.9. The minimum absolute atomic E-state index is 0.118. The Balaban J connectivity index is 1.86. The fourth-order valence-corrected chi connectivity index (χ4v) is 2.73. The van der Waals surface area contributed by atoms with Gasteiger partial charge in [-0.3, -0.25) is 14.7 Å². The molecule has 3 rings (SSSR count). The minimum Gasteiger partial charge on any atom is -0.351 e. The predicted molar refractivity (Wildman–Crippen MR) is 81.4 cm³/mol. The molecule has 6 nitrogen and oxygen atoms in total. The SMILES string of the molecule is CCNC(=O)c1n[nH]c2c1CN(C(=O)c1cc(F)ccc1F)CC2. The van der Waals surface area contributed by atoms with E-state index >= 15 is 0 Å². The van der Waals surface area contributed by atoms with Gasteiger partial charge in [-0.05, 0) is 25.1 Å². The Morgan fingerprint density at radius 2 is 2.17 bits per heavy atom. The van der Waals surface area contributed by atoms with Crippen LogP contribution in [0.1, 0.15) is 39.0 Å². The van der Waals surface area contributed by atoms with Gasteiger partial charge in [-0.2, -0.15) is 5.10 Å². The van der Waals surface area contributed by atoms with Crippen molar-refractivity contribution in [2.75, 3.05) is 13.1 Å². The summed E-state index contributed by atoms with van der Waals surface area (Å²) in [6.07, 6.45) is 0.463. The van der Waals surface area contributed by atoms with Crippen molar-refractivity contribution in [3.8, 4) is 0 Å². The van der Waals surface area contributed by atoms with E-state index in [-0.39, 0.29) is 23.7 Å². The molecule has 0 atom stereocenters. The maximum absolute atomic E-state index is 13.8. The number of aromatic nitrogens is 2. The molecule has 24 heavy (non-hydrogen) atoms. The molecule has 0 fully saturated rings. The van der Waals surface area contributed by atoms with E-state index in [9.17, 15) is 18.4 Å². The van der Waals surface area contributed by atoms with Crippen molar-refractivity contribution < 1.29 is 18.4 Å². The van der Waals surface area contributed by atoms with E-state index in [1.807, 2.05) is 0 Å². The molecule has 1 aromatic heterocycles. The molecule has 0 bridgehead atoms. The van der Waals surface area contributed by atoms with Crippen LogP contribution in [0.2, 0.25) is 0 Å². The van der Waals surface area contributed by atoms with Crippen LogP contribution < -0.4 is 5.32 Å². The average Bonchev–Trinajstić information content (AvgIpc) is 2.99. The fraction of sp³-hybridized carbons (Fsp3) is 0.312. The Bertz CT molecular complexity index is 803. The summed E-state index contributed by atoms with van der Waals surface area (Å²) in [5.74, 6) is -2.39. The number of aromatic amines is 1. The Hall–Kier alpha value is -2.77. The first-order valence-corrected chi connectivity index (χ1v) is 7.60. The monoisotopic (exact) mass is 334 g/mol. The first-order chi connectivity index (χ1) is 11.5. The highest BCUT2D eigenvalue weighted by Crippen LogP contribution is 2.23. The molecule has 1 aromatic carbocycles. The fourth-order valence-electron chi connectivity index (χ4n) is 2.73. The van der Waals surface area contributed by atoms with E-state index in [1.165, 1.54) is 4.90 Å². The third-order valence-electron chi connectivity index (χ3n) is 3.93. The molecular formula is C16H16F2N4O2. The number of rotatable bonds is 3. The third-order valence-corrected chi connectivity index (χ3v) is 3.93. The Kier molecular flexibility index (Phi) is 4.28. The highest BCUT2D eigenvalue weighted by Gasteiger charge is 2.29. The number of carbonyl (C=O) groups excluding carboxylic acids is 2. The van der Waals surface area contributed by atoms with Gasteiger partial charge in [0, 0.05) is 30.8 Å². The van der Waals surface area contributed by atoms with Crippen molar-refractivity contribution in [1.82, 2.24) is 20.4 Å². The van der Waals surface area contributed by atoms with Crippen LogP contribution in [0.15, 0.2) is 18.2 Å². The summed E-state index contributed by atoms with van der Waals surface area (Å²) in [5.41, 5.74) is 1.29. The van der Waals surface area contributed by atoms with E-state index in [0.29, 0.717) is 25.1 Å². The third kappa shape index (κ3) is 2.86. The van der Waals surface area contributed by atoms with Crippen LogP contribution in [-0.2, 0) is 13.0 Å². The number of H-pyrrole nitrogens is 1. The van der Waals surface area contributed by atoms with Crippen LogP contribution in [0.5, 0.6) is 0 Å². The maximum Gasteiger partial charge on any atom is 0.272 e. The first-order valence-electron chi connectivity index (χ1n) is 7.60. The van der Waals surface area contributed by atoms with Crippen molar-refractivity contribution in [3.63, 3.8) is 0 Å². The van der Waals surface area contributed by atoms with Gasteiger partial charge < -0.3 is 10.2 Å². The predicted octanol–water partition coefficient (Wildman–Crippen LogP) is 1.64. The topological polar surface area (TPSA) is 78.1 Å². The lowest BCUT2D eigenvalue weighted by atomic mass is 10.0. The Morgan fingerprint density at radius 1 is 1.38 bits per heavy atom. The summed E-state index contributed by atoms with van der Waals surface area (Å²) in [6, 6.07) is 2.77. The number of hydrogen-bond acceptors (Lipinski definition) is 3. The Morgan fingerprint density at radius 3 is 2.92 bits per heavy atom. The van der Waals surface area contributed by atoms with Gasteiger partial charge in [-0.25, -0.2) is 8.78 Å². The van der Waals surface area contributed by atoms with E-state index in [1.54, 1.807) is 6.92 Å². The normalized spacial score (nSPS) is 13.5. The number of halogens is 2. The number of carbonyl (C=O) groups is 2. The van der Waals surface area contributed by atoms with Crippen molar-refractivity contribution in [3.05, 3.63) is 52.3 Å². The van der Waals surface area contributed by atoms with Crippen LogP contribution in [0, 0.1) is 11.6 Å². The van der Waals surface area contributed by atoms with Crippen molar-refractivity contribution in [1.29, 1.82) is 0 Å². The highest BCUT2D eigenvalue weighted by molar-refractivity contribution is 5.96. The van der Waals surface area contributed by atoms with Gasteiger partial charge in [-0.1, -0.05) is 0 Å². The van der Waals surface area contributed by atoms with Gasteiger partial charge in [0.1, 0.15) is 11.6 Å². The largest absolute Gasteiger partial charge is 0.351 e. The summed E-state index contributed by atoms with van der Waals surface area (Å²) < 4.78 is 27.1. The van der Waals surface area contributed by atoms with Crippen LogP contribution in [0.25, 0.3) is 0 Å². The molecular weight excluding hydrogens is 318 g/mol. The number of benzene rings is 1. The van der Waals surface area contributed by atoms with E-state index in [0.717, 1.165) is 23.9 Å². The number of nitrogens with one attached hydrogen (secondary N) is 2. The second kappa shape index (κ2) is 6.38. The first kappa shape index (κ1) is 16.1. The second-order valence-electron chi connectivity index (χ2n) is 5.49. The van der Waals surface area contributed by atoms with Gasteiger partial charge >= 0.3 is 0 Å². The lowest BCUT2D eigenvalue weighted by Gasteiger charge is -2.27. The quantitative estimate of drug-likeness (QED) is 0.896. The number of hydrogen-bond donors (Lipinski definition) is 2. The lowest BCUT2D eigenvalue weighted by molar-refractivity contribution is 0.0726. The van der Waals surface area contributed by atoms with E-state index in [2.05, 4.69) is 15.5 Å². The smallest absolute Gasteiger partial charge is 0.272 e. The summed E-state index contributed by atoms with van der Waals surface area (Å²) in [5, 5.41) is 9.46. The molecule has 0 unspecified atom stereocenters. The number of amides is 2. The maximum atomic E-state index is 13.8. The zero-order valence-electron chi connectivity index (χ0n) is 13.0. The average molecular weight is 334 g/mol. The molecule has 2 amide bonds. The molecule has 8 heteroatoms. The zero-order chi connectivity index (χ0) is 17.3. The molecule has 0 radical (unpaired) electrons. The van der Waals surface area contributed by atoms with Gasteiger partial charge in [0.2, 0.25) is 0 Å². The minimum atomic E-state index is -0.775. The summed E-state index contributed by atoms with van der Waals surface area (Å²) in [6.45, 7) is 2.70. The molecule has 2 N–H and O–H groups in total.